The van der Waals surface area contributed by atoms with Gasteiger partial charge in [0.2, 0.25) is 0 Å². The number of amides is 1. The first-order valence-electron chi connectivity index (χ1n) is 7.45. The van der Waals surface area contributed by atoms with Crippen molar-refractivity contribution in [1.82, 2.24) is 9.78 Å². The van der Waals surface area contributed by atoms with Gasteiger partial charge in [-0.05, 0) is 29.7 Å². The number of hydrogen-bond acceptors (Lipinski definition) is 5. The van der Waals surface area contributed by atoms with Crippen LogP contribution in [0.3, 0.4) is 0 Å². The molecule has 0 saturated heterocycles. The Morgan fingerprint density at radius 1 is 1.20 bits per heavy atom. The Morgan fingerprint density at radius 3 is 2.68 bits per heavy atom. The zero-order chi connectivity index (χ0) is 17.6. The molecule has 0 aliphatic heterocycles. The van der Waals surface area contributed by atoms with E-state index in [-0.39, 0.29) is 0 Å². The maximum atomic E-state index is 11.7. The summed E-state index contributed by atoms with van der Waals surface area (Å²) in [4.78, 5) is 23.3. The van der Waals surface area contributed by atoms with E-state index in [1.54, 1.807) is 22.1 Å². The first kappa shape index (κ1) is 16.7. The maximum Gasteiger partial charge on any atom is 0.331 e. The normalized spacial score (nSPS) is 10.9. The molecule has 3 rings (SSSR count). The number of aromatic nitrogens is 2. The van der Waals surface area contributed by atoms with Gasteiger partial charge in [0.25, 0.3) is 5.91 Å². The number of ether oxygens (including phenoxy) is 1. The summed E-state index contributed by atoms with van der Waals surface area (Å²) in [5.74, 6) is -1.33. The van der Waals surface area contributed by atoms with Crippen LogP contribution in [0.5, 0.6) is 0 Å². The van der Waals surface area contributed by atoms with E-state index in [9.17, 15) is 9.59 Å². The first-order chi connectivity index (χ1) is 12.1. The second-order valence-electron chi connectivity index (χ2n) is 5.10. The van der Waals surface area contributed by atoms with Crippen LogP contribution in [0.1, 0.15) is 5.56 Å². The fraction of sp³-hybridized carbons (Fsp3) is 0.0556. The zero-order valence-electron chi connectivity index (χ0n) is 13.2. The van der Waals surface area contributed by atoms with Crippen LogP contribution in [0.25, 0.3) is 22.3 Å². The van der Waals surface area contributed by atoms with E-state index in [2.05, 4.69) is 5.10 Å². The third-order valence-corrected chi connectivity index (χ3v) is 4.15. The van der Waals surface area contributed by atoms with Crippen molar-refractivity contribution < 1.29 is 14.3 Å². The number of carbonyl (C=O) groups is 2. The van der Waals surface area contributed by atoms with Crippen molar-refractivity contribution >= 4 is 29.3 Å². The largest absolute Gasteiger partial charge is 0.452 e. The van der Waals surface area contributed by atoms with Crippen LogP contribution in [0, 0.1) is 0 Å². The molecule has 0 radical (unpaired) electrons. The number of benzene rings is 1. The number of carbonyl (C=O) groups excluding carboxylic acids is 2. The zero-order valence-corrected chi connectivity index (χ0v) is 14.0. The summed E-state index contributed by atoms with van der Waals surface area (Å²) < 4.78 is 6.48. The van der Waals surface area contributed by atoms with Crippen LogP contribution >= 0.6 is 11.3 Å². The standard InChI is InChI=1S/C18H15N3O3S/c19-16(22)12-24-17(23)9-8-13-11-21(14-5-2-1-3-6-14)20-18(13)15-7-4-10-25-15/h1-11H,12H2,(H2,19,22)/b9-8+. The van der Waals surface area contributed by atoms with Gasteiger partial charge in [-0.1, -0.05) is 24.3 Å². The number of thiophene rings is 1. The third-order valence-electron chi connectivity index (χ3n) is 3.27. The molecule has 25 heavy (non-hydrogen) atoms. The second kappa shape index (κ2) is 7.59. The van der Waals surface area contributed by atoms with E-state index < -0.39 is 18.5 Å². The molecule has 2 heterocycles. The molecular formula is C18H15N3O3S. The molecule has 0 aliphatic carbocycles. The minimum Gasteiger partial charge on any atom is -0.452 e. The van der Waals surface area contributed by atoms with E-state index in [1.807, 2.05) is 54.0 Å². The molecule has 0 saturated carbocycles. The van der Waals surface area contributed by atoms with Crippen LogP contribution < -0.4 is 5.73 Å². The average Bonchev–Trinajstić information content (AvgIpc) is 3.28. The number of hydrogen-bond donors (Lipinski definition) is 1. The van der Waals surface area contributed by atoms with Crippen molar-refractivity contribution in [3.63, 3.8) is 0 Å². The predicted octanol–water partition coefficient (Wildman–Crippen LogP) is 2.64. The molecule has 0 aliphatic rings. The van der Waals surface area contributed by atoms with Gasteiger partial charge in [0.15, 0.2) is 6.61 Å². The summed E-state index contributed by atoms with van der Waals surface area (Å²) in [7, 11) is 0. The molecule has 3 aromatic rings. The number of primary amides is 1. The Balaban J connectivity index is 1.90. The Labute approximate surface area is 148 Å². The molecule has 126 valence electrons. The molecule has 2 N–H and O–H groups in total. The molecule has 2 aromatic heterocycles. The highest BCUT2D eigenvalue weighted by molar-refractivity contribution is 7.13. The third kappa shape index (κ3) is 4.21. The lowest BCUT2D eigenvalue weighted by molar-refractivity contribution is -0.142. The SMILES string of the molecule is NC(=O)COC(=O)/C=C/c1cn(-c2ccccc2)nc1-c1cccs1. The monoisotopic (exact) mass is 353 g/mol. The molecule has 0 bridgehead atoms. The Bertz CT molecular complexity index is 899. The van der Waals surface area contributed by atoms with Gasteiger partial charge in [-0.3, -0.25) is 4.79 Å². The van der Waals surface area contributed by atoms with E-state index in [1.165, 1.54) is 6.08 Å². The molecule has 0 atom stereocenters. The van der Waals surface area contributed by atoms with Crippen molar-refractivity contribution in [2.24, 2.45) is 5.73 Å². The van der Waals surface area contributed by atoms with Crippen LogP contribution in [0.2, 0.25) is 0 Å². The van der Waals surface area contributed by atoms with Gasteiger partial charge in [0.1, 0.15) is 5.69 Å². The highest BCUT2D eigenvalue weighted by atomic mass is 32.1. The highest BCUT2D eigenvalue weighted by Crippen LogP contribution is 2.28. The summed E-state index contributed by atoms with van der Waals surface area (Å²) in [6.07, 6.45) is 4.71. The average molecular weight is 353 g/mol. The van der Waals surface area contributed by atoms with Gasteiger partial charge >= 0.3 is 5.97 Å². The molecule has 1 amide bonds. The molecule has 6 nitrogen and oxygen atoms in total. The quantitative estimate of drug-likeness (QED) is 0.545. The fourth-order valence-electron chi connectivity index (χ4n) is 2.18. The minimum atomic E-state index is -0.696. The predicted molar refractivity (Wildman–Crippen MR) is 96.1 cm³/mol. The van der Waals surface area contributed by atoms with Crippen molar-refractivity contribution in [1.29, 1.82) is 0 Å². The van der Waals surface area contributed by atoms with Gasteiger partial charge in [-0.15, -0.1) is 11.3 Å². The molecule has 1 aromatic carbocycles. The first-order valence-corrected chi connectivity index (χ1v) is 8.33. The van der Waals surface area contributed by atoms with E-state index in [0.29, 0.717) is 0 Å². The number of para-hydroxylation sites is 1. The van der Waals surface area contributed by atoms with Crippen LogP contribution in [-0.4, -0.2) is 28.3 Å². The fourth-order valence-corrected chi connectivity index (χ4v) is 2.91. The second-order valence-corrected chi connectivity index (χ2v) is 6.05. The smallest absolute Gasteiger partial charge is 0.331 e. The van der Waals surface area contributed by atoms with Crippen LogP contribution in [0.4, 0.5) is 0 Å². The maximum absolute atomic E-state index is 11.7. The number of esters is 1. The van der Waals surface area contributed by atoms with Crippen molar-refractivity contribution in [3.8, 4) is 16.3 Å². The summed E-state index contributed by atoms with van der Waals surface area (Å²) in [5.41, 5.74) is 7.39. The summed E-state index contributed by atoms with van der Waals surface area (Å²) >= 11 is 1.56. The minimum absolute atomic E-state index is 0.440. The van der Waals surface area contributed by atoms with Gasteiger partial charge in [-0.25, -0.2) is 9.48 Å². The summed E-state index contributed by atoms with van der Waals surface area (Å²) in [5, 5.41) is 6.59. The molecule has 7 heteroatoms. The van der Waals surface area contributed by atoms with Crippen LogP contribution in [0.15, 0.2) is 60.1 Å². The Hall–Kier alpha value is -3.19. The lowest BCUT2D eigenvalue weighted by atomic mass is 10.2. The lowest BCUT2D eigenvalue weighted by Crippen LogP contribution is -2.19. The van der Waals surface area contributed by atoms with E-state index in [0.717, 1.165) is 21.8 Å². The number of nitrogens with two attached hydrogens (primary N) is 1. The van der Waals surface area contributed by atoms with E-state index >= 15 is 0 Å². The number of rotatable bonds is 6. The van der Waals surface area contributed by atoms with E-state index in [4.69, 9.17) is 10.5 Å². The van der Waals surface area contributed by atoms with Gasteiger partial charge in [0.05, 0.1) is 10.6 Å². The van der Waals surface area contributed by atoms with Crippen molar-refractivity contribution in [2.45, 2.75) is 0 Å². The molecule has 0 fully saturated rings. The Kier molecular flexibility index (Phi) is 5.06. The molecular weight excluding hydrogens is 338 g/mol. The van der Waals surface area contributed by atoms with Crippen molar-refractivity contribution in [2.75, 3.05) is 6.61 Å². The van der Waals surface area contributed by atoms with Gasteiger partial charge < -0.3 is 10.5 Å². The molecule has 0 unspecified atom stereocenters. The Morgan fingerprint density at radius 2 is 2.00 bits per heavy atom. The summed E-state index contributed by atoms with van der Waals surface area (Å²) in [6.45, 7) is -0.440. The number of nitrogens with zero attached hydrogens (tertiary/aromatic N) is 2. The lowest BCUT2D eigenvalue weighted by Gasteiger charge is -1.99. The summed E-state index contributed by atoms with van der Waals surface area (Å²) in [6, 6.07) is 13.6. The van der Waals surface area contributed by atoms with Gasteiger partial charge in [0, 0.05) is 17.8 Å². The molecule has 0 spiro atoms. The van der Waals surface area contributed by atoms with Crippen LogP contribution in [-0.2, 0) is 14.3 Å². The topological polar surface area (TPSA) is 87.2 Å². The highest BCUT2D eigenvalue weighted by Gasteiger charge is 2.12. The van der Waals surface area contributed by atoms with Crippen molar-refractivity contribution in [3.05, 3.63) is 65.7 Å². The van der Waals surface area contributed by atoms with Gasteiger partial charge in [-0.2, -0.15) is 5.10 Å².